The quantitative estimate of drug-likeness (QED) is 0.622. The molecule has 1 aromatic carbocycles. The number of fused-ring (bicyclic) bond motifs is 1. The normalized spacial score (nSPS) is 13.6. The molecule has 0 spiro atoms. The van der Waals surface area contributed by atoms with Crippen LogP contribution in [0.2, 0.25) is 0 Å². The summed E-state index contributed by atoms with van der Waals surface area (Å²) >= 11 is 0. The molecule has 0 unspecified atom stereocenters. The topological polar surface area (TPSA) is 96.3 Å². The minimum atomic E-state index is -0.418. The maximum Gasteiger partial charge on any atom is 0.272 e. The van der Waals surface area contributed by atoms with Crippen molar-refractivity contribution >= 4 is 17.7 Å². The molecule has 0 saturated carbocycles. The molecule has 0 aliphatic carbocycles. The van der Waals surface area contributed by atoms with Crippen LogP contribution in [0.15, 0.2) is 30.3 Å². The molecule has 1 aliphatic rings. The lowest BCUT2D eigenvalue weighted by Gasteiger charge is -2.20. The van der Waals surface area contributed by atoms with Gasteiger partial charge in [-0.15, -0.1) is 0 Å². The predicted octanol–water partition coefficient (Wildman–Crippen LogP) is 2.35. The number of aromatic nitrogens is 2. The van der Waals surface area contributed by atoms with Crippen LogP contribution >= 0.6 is 0 Å². The van der Waals surface area contributed by atoms with Gasteiger partial charge in [-0.1, -0.05) is 26.0 Å². The first kappa shape index (κ1) is 23.4. The van der Waals surface area contributed by atoms with Crippen molar-refractivity contribution in [3.63, 3.8) is 0 Å². The van der Waals surface area contributed by atoms with E-state index in [0.29, 0.717) is 44.2 Å². The van der Waals surface area contributed by atoms with Gasteiger partial charge in [0.25, 0.3) is 11.8 Å². The van der Waals surface area contributed by atoms with Gasteiger partial charge in [0, 0.05) is 45.2 Å². The highest BCUT2D eigenvalue weighted by molar-refractivity contribution is 5.98. The molecule has 0 radical (unpaired) electrons. The van der Waals surface area contributed by atoms with Crippen molar-refractivity contribution < 1.29 is 18.8 Å². The van der Waals surface area contributed by atoms with Gasteiger partial charge in [0.15, 0.2) is 5.69 Å². The van der Waals surface area contributed by atoms with Crippen LogP contribution in [0, 0.1) is 11.7 Å². The largest absolute Gasteiger partial charge is 0.356 e. The van der Waals surface area contributed by atoms with Crippen molar-refractivity contribution in [1.82, 2.24) is 25.3 Å². The minimum Gasteiger partial charge on any atom is -0.356 e. The molecule has 32 heavy (non-hydrogen) atoms. The number of halogens is 1. The second kappa shape index (κ2) is 10.9. The van der Waals surface area contributed by atoms with Crippen molar-refractivity contribution in [3.05, 3.63) is 53.1 Å². The van der Waals surface area contributed by atoms with Crippen LogP contribution in [0.1, 0.15) is 59.7 Å². The number of hydrogen-bond acceptors (Lipinski definition) is 4. The van der Waals surface area contributed by atoms with E-state index in [0.717, 1.165) is 12.0 Å². The zero-order valence-corrected chi connectivity index (χ0v) is 18.6. The summed E-state index contributed by atoms with van der Waals surface area (Å²) < 4.78 is 14.7. The molecule has 2 heterocycles. The predicted molar refractivity (Wildman–Crippen MR) is 117 cm³/mol. The Kier molecular flexibility index (Phi) is 7.97. The molecule has 0 bridgehead atoms. The molecule has 172 valence electrons. The Hall–Kier alpha value is -3.23. The van der Waals surface area contributed by atoms with Crippen LogP contribution in [-0.2, 0) is 17.9 Å². The van der Waals surface area contributed by atoms with E-state index >= 15 is 0 Å². The van der Waals surface area contributed by atoms with Crippen LogP contribution in [0.5, 0.6) is 0 Å². The Morgan fingerprint density at radius 3 is 2.59 bits per heavy atom. The van der Waals surface area contributed by atoms with E-state index in [9.17, 15) is 18.8 Å². The second-order valence-electron chi connectivity index (χ2n) is 8.38. The SMILES string of the molecule is CC(C)CCNC(=O)CCNC(=O)c1cc2n(n1)CCCN(Cc1ccc(F)cc1)C2=O. The van der Waals surface area contributed by atoms with Crippen LogP contribution in [-0.4, -0.2) is 52.0 Å². The van der Waals surface area contributed by atoms with E-state index < -0.39 is 5.91 Å². The van der Waals surface area contributed by atoms with Gasteiger partial charge >= 0.3 is 0 Å². The average Bonchev–Trinajstić information content (AvgIpc) is 3.12. The van der Waals surface area contributed by atoms with Gasteiger partial charge in [-0.2, -0.15) is 5.10 Å². The zero-order valence-electron chi connectivity index (χ0n) is 18.6. The standard InChI is InChI=1S/C23H30FN5O3/c1-16(2)8-10-25-21(30)9-11-26-22(31)19-14-20-23(32)28(12-3-13-29(20)27-19)15-17-4-6-18(24)7-5-17/h4-7,14,16H,3,8-13,15H2,1-2H3,(H,25,30)(H,26,31). The Bertz CT molecular complexity index is 955. The van der Waals surface area contributed by atoms with Gasteiger partial charge < -0.3 is 15.5 Å². The van der Waals surface area contributed by atoms with Crippen LogP contribution in [0.4, 0.5) is 4.39 Å². The minimum absolute atomic E-state index is 0.113. The first-order valence-electron chi connectivity index (χ1n) is 11.0. The lowest BCUT2D eigenvalue weighted by Crippen LogP contribution is -2.32. The molecule has 3 rings (SSSR count). The maximum absolute atomic E-state index is 13.1. The van der Waals surface area contributed by atoms with Crippen LogP contribution < -0.4 is 10.6 Å². The van der Waals surface area contributed by atoms with Gasteiger partial charge in [0.05, 0.1) is 0 Å². The summed E-state index contributed by atoms with van der Waals surface area (Å²) in [6.07, 6.45) is 1.78. The number of amides is 3. The van der Waals surface area contributed by atoms with E-state index in [1.807, 2.05) is 0 Å². The van der Waals surface area contributed by atoms with Crippen molar-refractivity contribution in [3.8, 4) is 0 Å². The third-order valence-corrected chi connectivity index (χ3v) is 5.29. The van der Waals surface area contributed by atoms with Crippen molar-refractivity contribution in [2.45, 2.75) is 46.2 Å². The molecule has 3 amide bonds. The molecule has 2 N–H and O–H groups in total. The second-order valence-corrected chi connectivity index (χ2v) is 8.38. The van der Waals surface area contributed by atoms with E-state index in [4.69, 9.17) is 0 Å². The number of nitrogens with zero attached hydrogens (tertiary/aromatic N) is 3. The molecule has 9 heteroatoms. The first-order chi connectivity index (χ1) is 15.3. The molecule has 1 aromatic heterocycles. The number of aryl methyl sites for hydroxylation is 1. The highest BCUT2D eigenvalue weighted by Gasteiger charge is 2.26. The van der Waals surface area contributed by atoms with Gasteiger partial charge in [0.2, 0.25) is 5.91 Å². The third kappa shape index (κ3) is 6.38. The fraction of sp³-hybridized carbons (Fsp3) is 0.478. The Morgan fingerprint density at radius 1 is 1.12 bits per heavy atom. The fourth-order valence-electron chi connectivity index (χ4n) is 3.48. The number of carbonyl (C=O) groups is 3. The van der Waals surface area contributed by atoms with Gasteiger partial charge in [-0.05, 0) is 36.5 Å². The third-order valence-electron chi connectivity index (χ3n) is 5.29. The highest BCUT2D eigenvalue weighted by Crippen LogP contribution is 2.17. The Balaban J connectivity index is 1.55. The van der Waals surface area contributed by atoms with E-state index in [1.165, 1.54) is 18.2 Å². The van der Waals surface area contributed by atoms with Crippen LogP contribution in [0.25, 0.3) is 0 Å². The summed E-state index contributed by atoms with van der Waals surface area (Å²) in [7, 11) is 0. The number of nitrogens with one attached hydrogen (secondary N) is 2. The van der Waals surface area contributed by atoms with Gasteiger partial charge in [0.1, 0.15) is 11.5 Å². The van der Waals surface area contributed by atoms with E-state index in [-0.39, 0.29) is 36.3 Å². The van der Waals surface area contributed by atoms with Crippen molar-refractivity contribution in [2.24, 2.45) is 5.92 Å². The van der Waals surface area contributed by atoms with Gasteiger partial charge in [-0.25, -0.2) is 4.39 Å². The summed E-state index contributed by atoms with van der Waals surface area (Å²) in [5.74, 6) is -0.558. The number of rotatable bonds is 9. The molecular weight excluding hydrogens is 413 g/mol. The average molecular weight is 444 g/mol. The van der Waals surface area contributed by atoms with Crippen molar-refractivity contribution in [2.75, 3.05) is 19.6 Å². The monoisotopic (exact) mass is 443 g/mol. The summed E-state index contributed by atoms with van der Waals surface area (Å²) in [5.41, 5.74) is 1.33. The molecule has 2 aromatic rings. The maximum atomic E-state index is 13.1. The lowest BCUT2D eigenvalue weighted by atomic mass is 10.1. The Labute approximate surface area is 187 Å². The molecule has 0 atom stereocenters. The summed E-state index contributed by atoms with van der Waals surface area (Å²) in [5, 5.41) is 9.80. The molecule has 8 nitrogen and oxygen atoms in total. The summed E-state index contributed by atoms with van der Waals surface area (Å²) in [6.45, 7) is 6.42. The molecule has 0 fully saturated rings. The van der Waals surface area contributed by atoms with E-state index in [2.05, 4.69) is 29.6 Å². The highest BCUT2D eigenvalue weighted by atomic mass is 19.1. The zero-order chi connectivity index (χ0) is 23.1. The summed E-state index contributed by atoms with van der Waals surface area (Å²) in [4.78, 5) is 39.0. The number of hydrogen-bond donors (Lipinski definition) is 2. The smallest absolute Gasteiger partial charge is 0.272 e. The first-order valence-corrected chi connectivity index (χ1v) is 11.0. The fourth-order valence-corrected chi connectivity index (χ4v) is 3.48. The van der Waals surface area contributed by atoms with Gasteiger partial charge in [-0.3, -0.25) is 19.1 Å². The summed E-state index contributed by atoms with van der Waals surface area (Å²) in [6, 6.07) is 7.54. The molecular formula is C23H30FN5O3. The van der Waals surface area contributed by atoms with Crippen molar-refractivity contribution in [1.29, 1.82) is 0 Å². The van der Waals surface area contributed by atoms with E-state index in [1.54, 1.807) is 21.7 Å². The molecule has 1 aliphatic heterocycles. The van der Waals surface area contributed by atoms with Crippen LogP contribution in [0.3, 0.4) is 0 Å². The molecule has 0 saturated heterocycles. The Morgan fingerprint density at radius 2 is 1.88 bits per heavy atom. The number of carbonyl (C=O) groups excluding carboxylic acids is 3. The number of benzene rings is 1. The lowest BCUT2D eigenvalue weighted by molar-refractivity contribution is -0.120.